The Balaban J connectivity index is 1.69. The summed E-state index contributed by atoms with van der Waals surface area (Å²) >= 11 is 0.783. The van der Waals surface area contributed by atoms with Crippen molar-refractivity contribution < 1.29 is 69.4 Å². The zero-order valence-corrected chi connectivity index (χ0v) is 42.1. The fraction of sp³-hybridized carbons (Fsp3) is 0.609. The first-order valence-corrected chi connectivity index (χ1v) is 27.4. The summed E-state index contributed by atoms with van der Waals surface area (Å²) in [5.41, 5.74) is 2.42. The monoisotopic (exact) mass is 1030 g/mol. The number of aliphatic carboxylic acids is 1. The van der Waals surface area contributed by atoms with E-state index in [1.54, 1.807) is 11.1 Å². The van der Waals surface area contributed by atoms with Gasteiger partial charge in [-0.25, -0.2) is 5.26 Å². The molecule has 0 aromatic heterocycles. The second kappa shape index (κ2) is 27.2. The van der Waals surface area contributed by atoms with Crippen molar-refractivity contribution in [3.8, 4) is 0 Å². The lowest BCUT2D eigenvalue weighted by Gasteiger charge is -2.29. The van der Waals surface area contributed by atoms with E-state index in [0.717, 1.165) is 34.7 Å². The van der Waals surface area contributed by atoms with Gasteiger partial charge >= 0.3 is 5.97 Å². The minimum Gasteiger partial charge on any atom is -0.481 e. The van der Waals surface area contributed by atoms with Crippen molar-refractivity contribution in [2.24, 2.45) is 10.5 Å². The molecular weight excluding hydrogens is 957 g/mol. The van der Waals surface area contributed by atoms with E-state index in [0.29, 0.717) is 101 Å². The second-order valence-corrected chi connectivity index (χ2v) is 21.9. The van der Waals surface area contributed by atoms with Gasteiger partial charge in [0.25, 0.3) is 20.2 Å². The third-order valence-corrected chi connectivity index (χ3v) is 14.9. The molecule has 3 atom stereocenters. The molecule has 7 N–H and O–H groups in total. The number of benzene rings is 1. The van der Waals surface area contributed by atoms with Crippen molar-refractivity contribution in [2.45, 2.75) is 140 Å². The molecule has 3 aliphatic heterocycles. The highest BCUT2D eigenvalue weighted by Gasteiger charge is 2.47. The fourth-order valence-corrected chi connectivity index (χ4v) is 10.3. The maximum absolute atomic E-state index is 13.4. The predicted octanol–water partition coefficient (Wildman–Crippen LogP) is 6.00. The van der Waals surface area contributed by atoms with Crippen LogP contribution in [0.2, 0.25) is 0 Å². The van der Waals surface area contributed by atoms with Crippen LogP contribution in [0.15, 0.2) is 64.3 Å². The Morgan fingerprint density at radius 3 is 2.42 bits per heavy atom. The Bertz CT molecular complexity index is 2350. The highest BCUT2D eigenvalue weighted by atomic mass is 32.2. The number of hydrogen-bond acceptors (Lipinski definition) is 14. The van der Waals surface area contributed by atoms with Crippen LogP contribution in [-0.2, 0) is 54.2 Å². The number of carbonyl (C=O) groups is 4. The summed E-state index contributed by atoms with van der Waals surface area (Å²) < 4.78 is 73.0. The van der Waals surface area contributed by atoms with Gasteiger partial charge in [-0.05, 0) is 110 Å². The third-order valence-electron chi connectivity index (χ3n) is 12.8. The molecule has 3 unspecified atom stereocenters. The fourth-order valence-electron chi connectivity index (χ4n) is 8.90. The molecule has 0 bridgehead atoms. The second-order valence-electron chi connectivity index (χ2n) is 18.0. The minimum atomic E-state index is -4.27. The maximum Gasteiger partial charge on any atom is 0.303 e. The van der Waals surface area contributed by atoms with E-state index in [2.05, 4.69) is 25.6 Å². The number of amides is 3. The number of hydrogen-bond donors (Lipinski definition) is 7. The predicted molar refractivity (Wildman–Crippen MR) is 261 cm³/mol. The molecule has 3 aliphatic rings. The van der Waals surface area contributed by atoms with Gasteiger partial charge in [-0.1, -0.05) is 29.7 Å². The topological polar surface area (TPSA) is 291 Å². The average molecular weight is 1030 g/mol. The Morgan fingerprint density at radius 2 is 1.70 bits per heavy atom. The summed E-state index contributed by atoms with van der Waals surface area (Å²) in [6.07, 6.45) is 15.5. The van der Waals surface area contributed by atoms with Crippen LogP contribution < -0.4 is 16.0 Å². The lowest BCUT2D eigenvalue weighted by Crippen LogP contribution is -2.47. The van der Waals surface area contributed by atoms with E-state index in [1.165, 1.54) is 0 Å². The van der Waals surface area contributed by atoms with Crippen LogP contribution in [-0.4, -0.2) is 125 Å². The molecule has 69 heavy (non-hydrogen) atoms. The average Bonchev–Trinajstić information content (AvgIpc) is 3.64. The Kier molecular flexibility index (Phi) is 22.5. The Labute approximate surface area is 409 Å². The summed E-state index contributed by atoms with van der Waals surface area (Å²) in [6, 6.07) is 4.74. The van der Waals surface area contributed by atoms with Crippen molar-refractivity contribution in [3.63, 3.8) is 0 Å². The maximum atomic E-state index is 13.4. The van der Waals surface area contributed by atoms with Crippen molar-refractivity contribution in [1.29, 1.82) is 0 Å². The molecular formula is C46H69N6O14S3+. The van der Waals surface area contributed by atoms with Crippen LogP contribution in [0.1, 0.15) is 129 Å². The third kappa shape index (κ3) is 18.3. The number of allylic oxidation sites excluding steroid dienone is 6. The first kappa shape index (κ1) is 57.1. The van der Waals surface area contributed by atoms with E-state index in [-0.39, 0.29) is 56.4 Å². The normalized spacial score (nSPS) is 24.3. The summed E-state index contributed by atoms with van der Waals surface area (Å²) in [5.74, 6) is -2.60. The van der Waals surface area contributed by atoms with E-state index < -0.39 is 54.6 Å². The van der Waals surface area contributed by atoms with Crippen LogP contribution >= 0.6 is 12.0 Å². The van der Waals surface area contributed by atoms with E-state index in [4.69, 9.17) is 19.8 Å². The number of rotatable bonds is 18. The lowest BCUT2D eigenvalue weighted by molar-refractivity contribution is -0.438. The van der Waals surface area contributed by atoms with E-state index in [9.17, 15) is 45.1 Å². The minimum absolute atomic E-state index is 0.0472. The number of nitrogens with zero attached hydrogens (tertiary/aromatic N) is 3. The number of carboxylic acids is 1. The van der Waals surface area contributed by atoms with Gasteiger partial charge in [-0.15, -0.1) is 4.33 Å². The van der Waals surface area contributed by atoms with Gasteiger partial charge in [0.1, 0.15) is 12.6 Å². The molecule has 3 heterocycles. The van der Waals surface area contributed by atoms with Gasteiger partial charge in [-0.2, -0.15) is 26.5 Å². The van der Waals surface area contributed by atoms with Crippen molar-refractivity contribution in [3.05, 3.63) is 59.8 Å². The number of carbonyl (C=O) groups excluding carboxylic acids is 3. The molecule has 0 spiro atoms. The summed E-state index contributed by atoms with van der Waals surface area (Å²) in [7, 11) is -8.49. The molecule has 0 saturated carbocycles. The number of carboxylic acid groups (broad SMARTS) is 1. The van der Waals surface area contributed by atoms with Gasteiger partial charge < -0.3 is 21.1 Å². The molecule has 20 nitrogen and oxygen atoms in total. The number of hydrazone groups is 1. The van der Waals surface area contributed by atoms with Crippen LogP contribution in [0.3, 0.4) is 0 Å². The standard InChI is InChI=1S/C46H68N6O14S3/c1-34-45(2)26-24-41(53)47-27-13-11-17-37(44(57)48-28-12-5-10-21-43(55)56)49-42(54)20-9-6-14-29-51-38-23-22-35(67-66-65-58)33-36(38)46(3,25-15-31-68(59,60)61)39(51)18-7-4-8-19-40(45)52(50-34)30-16-32-69(62,63)64/h4,7-8,18-19,22-23,33,37H,5-6,9-17,20-21,24-32H2,1-3H3,(H6-,47,48,49,53,54,55,56,57,58,59,60,61,62,63,64)/p+1. The van der Waals surface area contributed by atoms with Crippen LogP contribution in [0.5, 0.6) is 0 Å². The SMILES string of the molecule is CC1=NN(CCCS(=O)(=O)O)/C2=C/C=C/C=C/C3=[N+](CCCCCC(=O)NC(C(=O)NCCCCCC(=O)O)CCCCNC(=O)CCC12C)c1ccc(SOOO)cc1C3(C)CCCS(=O)(=O)O. The molecule has 1 aromatic carbocycles. The highest BCUT2D eigenvalue weighted by molar-refractivity contribution is 7.94. The quantitative estimate of drug-likeness (QED) is 0.0222. The number of fused-ring (bicyclic) bond motifs is 3. The largest absolute Gasteiger partial charge is 0.481 e. The molecule has 384 valence electrons. The van der Waals surface area contributed by atoms with Crippen LogP contribution in [0.4, 0.5) is 5.69 Å². The molecule has 4 rings (SSSR count). The van der Waals surface area contributed by atoms with Gasteiger partial charge in [0, 0.05) is 84.7 Å². The molecule has 0 fully saturated rings. The zero-order chi connectivity index (χ0) is 50.7. The summed E-state index contributed by atoms with van der Waals surface area (Å²) in [4.78, 5) is 51.4. The van der Waals surface area contributed by atoms with Gasteiger partial charge in [0.2, 0.25) is 23.4 Å². The molecule has 1 aromatic rings. The molecule has 0 aliphatic carbocycles. The first-order chi connectivity index (χ1) is 32.7. The summed E-state index contributed by atoms with van der Waals surface area (Å²) in [5, 5.41) is 36.8. The van der Waals surface area contributed by atoms with Crippen molar-refractivity contribution in [2.75, 3.05) is 37.7 Å². The molecule has 3 amide bonds. The molecule has 0 saturated heterocycles. The lowest BCUT2D eigenvalue weighted by atomic mass is 9.76. The van der Waals surface area contributed by atoms with Gasteiger partial charge in [-0.3, -0.25) is 33.3 Å². The van der Waals surface area contributed by atoms with E-state index >= 15 is 0 Å². The Morgan fingerprint density at radius 1 is 0.942 bits per heavy atom. The van der Waals surface area contributed by atoms with Gasteiger partial charge in [0.15, 0.2) is 5.71 Å². The first-order valence-electron chi connectivity index (χ1n) is 23.5. The number of nitrogens with one attached hydrogen (secondary N) is 3. The molecule has 0 radical (unpaired) electrons. The zero-order valence-electron chi connectivity index (χ0n) is 39.7. The van der Waals surface area contributed by atoms with Crippen LogP contribution in [0, 0.1) is 5.41 Å². The number of unbranched alkanes of at least 4 members (excludes halogenated alkanes) is 2. The van der Waals surface area contributed by atoms with Crippen molar-refractivity contribution >= 4 is 73.1 Å². The summed E-state index contributed by atoms with van der Waals surface area (Å²) in [6.45, 7) is 7.17. The Hall–Kier alpha value is -4.49. The highest BCUT2D eigenvalue weighted by Crippen LogP contribution is 2.45. The van der Waals surface area contributed by atoms with E-state index in [1.807, 2.05) is 63.3 Å². The van der Waals surface area contributed by atoms with Gasteiger partial charge in [0.05, 0.1) is 29.0 Å². The van der Waals surface area contributed by atoms with Crippen LogP contribution in [0.25, 0.3) is 0 Å². The van der Waals surface area contributed by atoms with Crippen molar-refractivity contribution in [1.82, 2.24) is 21.0 Å². The molecule has 23 heteroatoms. The smallest absolute Gasteiger partial charge is 0.303 e.